The number of furan rings is 1. The third-order valence-electron chi connectivity index (χ3n) is 4.31. The van der Waals surface area contributed by atoms with Crippen LogP contribution in [0, 0.1) is 10.1 Å². The Morgan fingerprint density at radius 1 is 1.52 bits per heavy atom. The largest absolute Gasteiger partial charge is 0.467 e. The zero-order valence-electron chi connectivity index (χ0n) is 12.7. The number of likely N-dealkylation sites (tertiary alicyclic amines) is 1. The van der Waals surface area contributed by atoms with Crippen molar-refractivity contribution in [3.8, 4) is 0 Å². The lowest BCUT2D eigenvalue weighted by Gasteiger charge is -2.25. The molecule has 8 nitrogen and oxygen atoms in total. The van der Waals surface area contributed by atoms with Gasteiger partial charge in [0.25, 0.3) is 0 Å². The lowest BCUT2D eigenvalue weighted by atomic mass is 10.1. The minimum atomic E-state index is -0.596. The molecule has 0 amide bonds. The van der Waals surface area contributed by atoms with Crippen molar-refractivity contribution < 1.29 is 14.4 Å². The summed E-state index contributed by atoms with van der Waals surface area (Å²) < 4.78 is 6.84. The van der Waals surface area contributed by atoms with Gasteiger partial charge >= 0.3 is 5.69 Å². The van der Waals surface area contributed by atoms with E-state index in [2.05, 4.69) is 10.00 Å². The highest BCUT2D eigenvalue weighted by molar-refractivity contribution is 5.20. The van der Waals surface area contributed by atoms with Crippen LogP contribution in [0.4, 0.5) is 5.69 Å². The number of aliphatic hydroxyl groups is 1. The van der Waals surface area contributed by atoms with Gasteiger partial charge in [0.2, 0.25) is 0 Å². The molecule has 124 valence electrons. The molecule has 0 bridgehead atoms. The molecule has 3 rings (SSSR count). The van der Waals surface area contributed by atoms with E-state index in [1.165, 1.54) is 12.4 Å². The lowest BCUT2D eigenvalue weighted by Crippen LogP contribution is -2.33. The van der Waals surface area contributed by atoms with Crippen LogP contribution in [-0.2, 0) is 6.54 Å². The van der Waals surface area contributed by atoms with Gasteiger partial charge in [0, 0.05) is 12.6 Å². The highest BCUT2D eigenvalue weighted by Crippen LogP contribution is 2.27. The molecule has 1 saturated heterocycles. The molecule has 0 aromatic carbocycles. The first-order valence-corrected chi connectivity index (χ1v) is 7.76. The summed E-state index contributed by atoms with van der Waals surface area (Å²) >= 11 is 0. The molecule has 0 saturated carbocycles. The van der Waals surface area contributed by atoms with E-state index in [-0.39, 0.29) is 5.69 Å². The zero-order valence-corrected chi connectivity index (χ0v) is 12.7. The highest BCUT2D eigenvalue weighted by atomic mass is 16.6. The number of rotatable bonds is 7. The maximum atomic E-state index is 10.7. The molecule has 23 heavy (non-hydrogen) atoms. The van der Waals surface area contributed by atoms with E-state index in [1.807, 2.05) is 0 Å². The van der Waals surface area contributed by atoms with Crippen molar-refractivity contribution in [2.45, 2.75) is 38.0 Å². The first-order valence-electron chi connectivity index (χ1n) is 7.76. The second-order valence-electron chi connectivity index (χ2n) is 5.82. The van der Waals surface area contributed by atoms with E-state index in [0.717, 1.165) is 25.9 Å². The monoisotopic (exact) mass is 320 g/mol. The molecule has 0 aliphatic carbocycles. The first-order chi connectivity index (χ1) is 11.1. The van der Waals surface area contributed by atoms with E-state index in [4.69, 9.17) is 4.42 Å². The second-order valence-corrected chi connectivity index (χ2v) is 5.82. The Hall–Kier alpha value is -2.19. The van der Waals surface area contributed by atoms with Gasteiger partial charge < -0.3 is 9.52 Å². The smallest absolute Gasteiger partial charge is 0.306 e. The maximum absolute atomic E-state index is 10.7. The zero-order chi connectivity index (χ0) is 16.2. The Kier molecular flexibility index (Phi) is 4.73. The summed E-state index contributed by atoms with van der Waals surface area (Å²) in [6.45, 7) is 2.33. The molecular weight excluding hydrogens is 300 g/mol. The van der Waals surface area contributed by atoms with Crippen LogP contribution in [0.3, 0.4) is 0 Å². The van der Waals surface area contributed by atoms with Crippen LogP contribution in [0.1, 0.15) is 31.1 Å². The topological polar surface area (TPSA) is 97.6 Å². The summed E-state index contributed by atoms with van der Waals surface area (Å²) in [7, 11) is 0. The quantitative estimate of drug-likeness (QED) is 0.619. The van der Waals surface area contributed by atoms with E-state index in [1.54, 1.807) is 23.1 Å². The highest BCUT2D eigenvalue weighted by Gasteiger charge is 2.27. The number of nitrogens with zero attached hydrogens (tertiary/aromatic N) is 4. The maximum Gasteiger partial charge on any atom is 0.306 e. The van der Waals surface area contributed by atoms with Crippen LogP contribution in [0.25, 0.3) is 0 Å². The molecule has 0 spiro atoms. The predicted molar refractivity (Wildman–Crippen MR) is 81.8 cm³/mol. The van der Waals surface area contributed by atoms with Gasteiger partial charge in [-0.15, -0.1) is 0 Å². The average molecular weight is 320 g/mol. The Morgan fingerprint density at radius 2 is 2.39 bits per heavy atom. The van der Waals surface area contributed by atoms with Crippen LogP contribution in [0.5, 0.6) is 0 Å². The predicted octanol–water partition coefficient (Wildman–Crippen LogP) is 1.97. The molecule has 1 fully saturated rings. The van der Waals surface area contributed by atoms with E-state index >= 15 is 0 Å². The second kappa shape index (κ2) is 6.93. The Balaban J connectivity index is 1.53. The van der Waals surface area contributed by atoms with Gasteiger partial charge in [-0.1, -0.05) is 0 Å². The van der Waals surface area contributed by atoms with Crippen LogP contribution < -0.4 is 0 Å². The van der Waals surface area contributed by atoms with Gasteiger partial charge in [-0.25, -0.2) is 0 Å². The SMILES string of the molecule is O=[N+]([O-])c1cnn(CCN2CCCC2CC(O)c2ccco2)c1. The summed E-state index contributed by atoms with van der Waals surface area (Å²) in [5.74, 6) is 0.597. The van der Waals surface area contributed by atoms with Gasteiger partial charge in [0.1, 0.15) is 24.3 Å². The van der Waals surface area contributed by atoms with Crippen LogP contribution >= 0.6 is 0 Å². The van der Waals surface area contributed by atoms with Crippen molar-refractivity contribution in [2.24, 2.45) is 0 Å². The minimum Gasteiger partial charge on any atom is -0.467 e. The molecule has 2 aromatic heterocycles. The standard InChI is InChI=1S/C15H20N4O4/c20-14(15-4-2-8-23-15)9-12-3-1-5-17(12)6-7-18-11-13(10-16-18)19(21)22/h2,4,8,10-12,14,20H,1,3,5-7,9H2. The van der Waals surface area contributed by atoms with Crippen LogP contribution in [-0.4, -0.2) is 43.8 Å². The van der Waals surface area contributed by atoms with Crippen molar-refractivity contribution in [3.63, 3.8) is 0 Å². The molecule has 1 aliphatic rings. The van der Waals surface area contributed by atoms with Gasteiger partial charge in [-0.2, -0.15) is 5.10 Å². The first kappa shape index (κ1) is 15.7. The molecular formula is C15H20N4O4. The van der Waals surface area contributed by atoms with Crippen molar-refractivity contribution >= 4 is 5.69 Å². The number of nitro groups is 1. The Bertz CT molecular complexity index is 640. The summed E-state index contributed by atoms with van der Waals surface area (Å²) in [6, 6.07) is 3.85. The molecule has 1 aliphatic heterocycles. The number of hydrogen-bond acceptors (Lipinski definition) is 6. The number of hydrogen-bond donors (Lipinski definition) is 1. The molecule has 8 heteroatoms. The fourth-order valence-corrected chi connectivity index (χ4v) is 3.11. The van der Waals surface area contributed by atoms with Gasteiger partial charge in [0.15, 0.2) is 0 Å². The van der Waals surface area contributed by atoms with E-state index < -0.39 is 11.0 Å². The normalized spacial score (nSPS) is 20.0. The molecule has 2 unspecified atom stereocenters. The van der Waals surface area contributed by atoms with E-state index in [0.29, 0.717) is 24.8 Å². The fourth-order valence-electron chi connectivity index (χ4n) is 3.11. The number of aromatic nitrogens is 2. The molecule has 2 atom stereocenters. The third-order valence-corrected chi connectivity index (χ3v) is 4.31. The molecule has 0 radical (unpaired) electrons. The molecule has 2 aromatic rings. The van der Waals surface area contributed by atoms with Crippen molar-refractivity contribution in [2.75, 3.05) is 13.1 Å². The van der Waals surface area contributed by atoms with Gasteiger partial charge in [-0.05, 0) is 37.9 Å². The molecule has 3 heterocycles. The van der Waals surface area contributed by atoms with Crippen LogP contribution in [0.15, 0.2) is 35.2 Å². The summed E-state index contributed by atoms with van der Waals surface area (Å²) in [4.78, 5) is 12.5. The van der Waals surface area contributed by atoms with Crippen molar-refractivity contribution in [1.29, 1.82) is 0 Å². The van der Waals surface area contributed by atoms with Gasteiger partial charge in [0.05, 0.1) is 17.7 Å². The minimum absolute atomic E-state index is 0.0104. The van der Waals surface area contributed by atoms with Crippen molar-refractivity contribution in [1.82, 2.24) is 14.7 Å². The Labute approximate surface area is 133 Å². The third kappa shape index (κ3) is 3.77. The summed E-state index contributed by atoms with van der Waals surface area (Å²) in [5, 5.41) is 24.9. The summed E-state index contributed by atoms with van der Waals surface area (Å²) in [5.41, 5.74) is 0.0104. The lowest BCUT2D eigenvalue weighted by molar-refractivity contribution is -0.385. The fraction of sp³-hybridized carbons (Fsp3) is 0.533. The number of aliphatic hydroxyl groups excluding tert-OH is 1. The van der Waals surface area contributed by atoms with Crippen molar-refractivity contribution in [3.05, 3.63) is 46.7 Å². The van der Waals surface area contributed by atoms with Crippen LogP contribution in [0.2, 0.25) is 0 Å². The average Bonchev–Trinajstić information content (AvgIpc) is 3.27. The molecule has 1 N–H and O–H groups in total. The summed E-state index contributed by atoms with van der Waals surface area (Å²) in [6.07, 6.45) is 6.44. The van der Waals surface area contributed by atoms with Gasteiger partial charge in [-0.3, -0.25) is 19.7 Å². The Morgan fingerprint density at radius 3 is 3.09 bits per heavy atom. The van der Waals surface area contributed by atoms with E-state index in [9.17, 15) is 15.2 Å².